The van der Waals surface area contributed by atoms with Gasteiger partial charge in [-0.15, -0.1) is 0 Å². The Bertz CT molecular complexity index is 549. The monoisotopic (exact) mass is 479 g/mol. The smallest absolute Gasteiger partial charge is 0.303 e. The number of esters is 1. The summed E-state index contributed by atoms with van der Waals surface area (Å²) in [5.74, 6) is -0.515. The molecule has 0 rings (SSSR count). The highest BCUT2D eigenvalue weighted by atomic mass is 31.2. The molecule has 0 radical (unpaired) electrons. The second kappa shape index (κ2) is 18.6. The molecule has 0 N–H and O–H groups in total. The van der Waals surface area contributed by atoms with Crippen molar-refractivity contribution in [1.82, 2.24) is 0 Å². The van der Waals surface area contributed by atoms with Crippen LogP contribution in [-0.4, -0.2) is 70.7 Å². The van der Waals surface area contributed by atoms with Crippen molar-refractivity contribution in [2.24, 2.45) is 0 Å². The van der Waals surface area contributed by atoms with Gasteiger partial charge in [0.2, 0.25) is 0 Å². The van der Waals surface area contributed by atoms with Gasteiger partial charge >= 0.3 is 5.97 Å². The molecule has 0 aromatic carbocycles. The standard InChI is InChI=1S/C23H46NO7P/c1-6-7-8-9-10-11-12-13-14-15-16-18-28-20-23(31-22(2)25)21-30-32(26,27)29-19-17-24(3,4)5/h8-9,23H,6-7,10-21H2,1-5H3/b9-8-. The van der Waals surface area contributed by atoms with Gasteiger partial charge in [0, 0.05) is 13.5 Å². The van der Waals surface area contributed by atoms with E-state index in [0.717, 1.165) is 12.8 Å². The molecule has 0 aliphatic carbocycles. The Morgan fingerprint density at radius 2 is 1.56 bits per heavy atom. The number of carbonyl (C=O) groups is 1. The van der Waals surface area contributed by atoms with Crippen LogP contribution in [0.2, 0.25) is 0 Å². The number of unbranched alkanes of at least 4 members (excludes halogenated alkanes) is 7. The van der Waals surface area contributed by atoms with E-state index < -0.39 is 19.9 Å². The molecule has 0 bridgehead atoms. The molecule has 2 atom stereocenters. The first-order chi connectivity index (χ1) is 15.1. The molecule has 0 fully saturated rings. The second-order valence-electron chi connectivity index (χ2n) is 9.07. The van der Waals surface area contributed by atoms with Gasteiger partial charge in [0.25, 0.3) is 7.82 Å². The molecule has 2 unspecified atom stereocenters. The van der Waals surface area contributed by atoms with Gasteiger partial charge in [0.15, 0.2) is 0 Å². The van der Waals surface area contributed by atoms with Crippen LogP contribution in [0.3, 0.4) is 0 Å². The maximum atomic E-state index is 11.9. The number of ether oxygens (including phenoxy) is 2. The molecule has 0 spiro atoms. The lowest BCUT2D eigenvalue weighted by Gasteiger charge is -2.28. The van der Waals surface area contributed by atoms with Crippen LogP contribution in [0.25, 0.3) is 0 Å². The molecule has 0 saturated carbocycles. The zero-order valence-corrected chi connectivity index (χ0v) is 21.8. The summed E-state index contributed by atoms with van der Waals surface area (Å²) in [5, 5.41) is 0. The van der Waals surface area contributed by atoms with Crippen LogP contribution in [0.1, 0.15) is 71.6 Å². The zero-order valence-electron chi connectivity index (χ0n) is 20.9. The van der Waals surface area contributed by atoms with Crippen molar-refractivity contribution in [3.63, 3.8) is 0 Å². The van der Waals surface area contributed by atoms with Crippen LogP contribution in [0.4, 0.5) is 0 Å². The van der Waals surface area contributed by atoms with E-state index in [9.17, 15) is 14.3 Å². The molecule has 9 heteroatoms. The topological polar surface area (TPSA) is 94.1 Å². The van der Waals surface area contributed by atoms with E-state index in [1.807, 2.05) is 21.1 Å². The van der Waals surface area contributed by atoms with Crippen molar-refractivity contribution >= 4 is 13.8 Å². The van der Waals surface area contributed by atoms with Gasteiger partial charge in [-0.05, 0) is 25.7 Å². The lowest BCUT2D eigenvalue weighted by atomic mass is 10.1. The third kappa shape index (κ3) is 22.4. The van der Waals surface area contributed by atoms with Crippen molar-refractivity contribution in [3.8, 4) is 0 Å². The van der Waals surface area contributed by atoms with E-state index in [-0.39, 0.29) is 19.8 Å². The van der Waals surface area contributed by atoms with Gasteiger partial charge in [-0.2, -0.15) is 0 Å². The minimum absolute atomic E-state index is 0.0224. The van der Waals surface area contributed by atoms with Crippen molar-refractivity contribution < 1.29 is 37.3 Å². The van der Waals surface area contributed by atoms with Crippen LogP contribution in [0.15, 0.2) is 12.2 Å². The van der Waals surface area contributed by atoms with Gasteiger partial charge in [-0.3, -0.25) is 9.36 Å². The molecule has 0 heterocycles. The van der Waals surface area contributed by atoms with Gasteiger partial charge in [0.1, 0.15) is 19.3 Å². The maximum Gasteiger partial charge on any atom is 0.303 e. The molecular weight excluding hydrogens is 433 g/mol. The molecule has 0 aromatic heterocycles. The quantitative estimate of drug-likeness (QED) is 0.0799. The molecular formula is C23H46NO7P. The number of hydrogen-bond donors (Lipinski definition) is 0. The minimum atomic E-state index is -4.46. The molecule has 0 amide bonds. The number of nitrogens with zero attached hydrogens (tertiary/aromatic N) is 1. The summed E-state index contributed by atoms with van der Waals surface area (Å²) in [7, 11) is 1.34. The number of carbonyl (C=O) groups excluding carboxylic acids is 1. The molecule has 0 aliphatic heterocycles. The van der Waals surface area contributed by atoms with E-state index >= 15 is 0 Å². The number of hydrogen-bond acceptors (Lipinski definition) is 7. The maximum absolute atomic E-state index is 11.9. The summed E-state index contributed by atoms with van der Waals surface area (Å²) in [6.45, 7) is 4.29. The summed E-state index contributed by atoms with van der Waals surface area (Å²) in [4.78, 5) is 23.2. The number of likely N-dealkylation sites (N-methyl/N-ethyl adjacent to an activating group) is 1. The molecule has 0 aliphatic rings. The number of allylic oxidation sites excluding steroid dienone is 2. The van der Waals surface area contributed by atoms with E-state index in [4.69, 9.17) is 18.5 Å². The number of quaternary nitrogens is 1. The SMILES string of the molecule is CCC/C=C\CCCCCCCCOCC(COP(=O)([O-])OCC[N+](C)(C)C)OC(C)=O. The number of phosphoric acid groups is 1. The van der Waals surface area contributed by atoms with E-state index in [0.29, 0.717) is 17.6 Å². The molecule has 8 nitrogen and oxygen atoms in total. The van der Waals surface area contributed by atoms with Crippen molar-refractivity contribution in [1.29, 1.82) is 0 Å². The van der Waals surface area contributed by atoms with Crippen LogP contribution < -0.4 is 4.89 Å². The Labute approximate surface area is 195 Å². The Kier molecular flexibility index (Phi) is 18.2. The Morgan fingerprint density at radius 1 is 0.938 bits per heavy atom. The fraction of sp³-hybridized carbons (Fsp3) is 0.870. The second-order valence-corrected chi connectivity index (χ2v) is 10.5. The molecule has 190 valence electrons. The van der Waals surface area contributed by atoms with Crippen LogP contribution in [0, 0.1) is 0 Å². The molecule has 0 saturated heterocycles. The van der Waals surface area contributed by atoms with Gasteiger partial charge in [-0.25, -0.2) is 0 Å². The summed E-state index contributed by atoms with van der Waals surface area (Å²) in [5.41, 5.74) is 0. The van der Waals surface area contributed by atoms with Crippen LogP contribution >= 0.6 is 7.82 Å². The lowest BCUT2D eigenvalue weighted by Crippen LogP contribution is -2.37. The summed E-state index contributed by atoms with van der Waals surface area (Å²) < 4.78 is 32.9. The average Bonchev–Trinajstić information content (AvgIpc) is 2.68. The summed E-state index contributed by atoms with van der Waals surface area (Å²) in [6, 6.07) is 0. The fourth-order valence-electron chi connectivity index (χ4n) is 2.78. The predicted octanol–water partition coefficient (Wildman–Crippen LogP) is 4.23. The Balaban J connectivity index is 3.93. The highest BCUT2D eigenvalue weighted by Crippen LogP contribution is 2.38. The van der Waals surface area contributed by atoms with Crippen LogP contribution in [-0.2, 0) is 27.9 Å². The average molecular weight is 480 g/mol. The largest absolute Gasteiger partial charge is 0.756 e. The van der Waals surface area contributed by atoms with Gasteiger partial charge in [-0.1, -0.05) is 51.2 Å². The van der Waals surface area contributed by atoms with E-state index in [2.05, 4.69) is 19.1 Å². The Hall–Kier alpha value is -0.760. The van der Waals surface area contributed by atoms with Crippen molar-refractivity contribution in [3.05, 3.63) is 12.2 Å². The first-order valence-electron chi connectivity index (χ1n) is 11.9. The van der Waals surface area contributed by atoms with E-state index in [1.165, 1.54) is 51.9 Å². The Morgan fingerprint density at radius 3 is 2.19 bits per heavy atom. The highest BCUT2D eigenvalue weighted by Gasteiger charge is 2.19. The number of phosphoric ester groups is 1. The lowest BCUT2D eigenvalue weighted by molar-refractivity contribution is -0.870. The molecule has 0 aromatic rings. The first-order valence-corrected chi connectivity index (χ1v) is 13.3. The fourth-order valence-corrected chi connectivity index (χ4v) is 3.51. The third-order valence-electron chi connectivity index (χ3n) is 4.60. The van der Waals surface area contributed by atoms with Gasteiger partial charge < -0.3 is 27.9 Å². The summed E-state index contributed by atoms with van der Waals surface area (Å²) in [6.07, 6.45) is 14.2. The zero-order chi connectivity index (χ0) is 24.3. The predicted molar refractivity (Wildman–Crippen MR) is 125 cm³/mol. The van der Waals surface area contributed by atoms with Crippen molar-refractivity contribution in [2.75, 3.05) is 54.1 Å². The van der Waals surface area contributed by atoms with E-state index in [1.54, 1.807) is 0 Å². The van der Waals surface area contributed by atoms with Crippen LogP contribution in [0.5, 0.6) is 0 Å². The minimum Gasteiger partial charge on any atom is -0.756 e. The first kappa shape index (κ1) is 31.2. The summed E-state index contributed by atoms with van der Waals surface area (Å²) >= 11 is 0. The van der Waals surface area contributed by atoms with Gasteiger partial charge in [0.05, 0.1) is 34.4 Å². The highest BCUT2D eigenvalue weighted by molar-refractivity contribution is 7.45. The third-order valence-corrected chi connectivity index (χ3v) is 5.56. The van der Waals surface area contributed by atoms with Crippen molar-refractivity contribution in [2.45, 2.75) is 77.7 Å². The number of rotatable bonds is 21. The normalized spacial score (nSPS) is 15.1. The molecule has 32 heavy (non-hydrogen) atoms.